The summed E-state index contributed by atoms with van der Waals surface area (Å²) in [5.41, 5.74) is 1.92. The standard InChI is InChI=1S/C15H18ClN3O2/c16-12-1-2-14-17-13(10-19(14)8-12)9-18-5-3-11(4-6-18)7-15(20)21/h1-2,8,10-11H,3-7,9H2,(H,20,21). The molecule has 0 radical (unpaired) electrons. The lowest BCUT2D eigenvalue weighted by Gasteiger charge is -2.30. The van der Waals surface area contributed by atoms with Gasteiger partial charge >= 0.3 is 5.97 Å². The zero-order valence-corrected chi connectivity index (χ0v) is 12.5. The Labute approximate surface area is 128 Å². The number of hydrogen-bond donors (Lipinski definition) is 1. The lowest BCUT2D eigenvalue weighted by atomic mass is 9.93. The molecule has 5 nitrogen and oxygen atoms in total. The Morgan fingerprint density at radius 2 is 2.10 bits per heavy atom. The van der Waals surface area contributed by atoms with Gasteiger partial charge in [-0.05, 0) is 44.0 Å². The van der Waals surface area contributed by atoms with Gasteiger partial charge in [0.25, 0.3) is 0 Å². The quantitative estimate of drug-likeness (QED) is 0.943. The van der Waals surface area contributed by atoms with Crippen molar-refractivity contribution in [3.05, 3.63) is 35.2 Å². The van der Waals surface area contributed by atoms with Crippen molar-refractivity contribution < 1.29 is 9.90 Å². The van der Waals surface area contributed by atoms with Crippen LogP contribution in [-0.2, 0) is 11.3 Å². The highest BCUT2D eigenvalue weighted by atomic mass is 35.5. The van der Waals surface area contributed by atoms with Crippen molar-refractivity contribution in [2.75, 3.05) is 13.1 Å². The molecule has 1 aliphatic heterocycles. The van der Waals surface area contributed by atoms with Crippen LogP contribution in [0.1, 0.15) is 25.0 Å². The van der Waals surface area contributed by atoms with Gasteiger partial charge in [-0.1, -0.05) is 11.6 Å². The SMILES string of the molecule is O=C(O)CC1CCN(Cc2cn3cc(Cl)ccc3n2)CC1. The van der Waals surface area contributed by atoms with Crippen LogP contribution in [0.4, 0.5) is 0 Å². The van der Waals surface area contributed by atoms with Crippen LogP contribution in [0.5, 0.6) is 0 Å². The number of carboxylic acids is 1. The van der Waals surface area contributed by atoms with Crippen molar-refractivity contribution in [1.29, 1.82) is 0 Å². The number of hydrogen-bond acceptors (Lipinski definition) is 3. The summed E-state index contributed by atoms with van der Waals surface area (Å²) in [5.74, 6) is -0.371. The van der Waals surface area contributed by atoms with E-state index in [4.69, 9.17) is 16.7 Å². The Kier molecular flexibility index (Phi) is 4.12. The Morgan fingerprint density at radius 1 is 1.33 bits per heavy atom. The molecule has 1 N–H and O–H groups in total. The third kappa shape index (κ3) is 3.54. The molecule has 0 saturated carbocycles. The number of imidazole rings is 1. The highest BCUT2D eigenvalue weighted by molar-refractivity contribution is 6.30. The number of piperidine rings is 1. The van der Waals surface area contributed by atoms with E-state index in [-0.39, 0.29) is 0 Å². The van der Waals surface area contributed by atoms with E-state index in [2.05, 4.69) is 9.88 Å². The first kappa shape index (κ1) is 14.4. The van der Waals surface area contributed by atoms with Crippen LogP contribution in [-0.4, -0.2) is 38.4 Å². The summed E-state index contributed by atoms with van der Waals surface area (Å²) in [7, 11) is 0. The molecule has 1 fully saturated rings. The second-order valence-corrected chi connectivity index (χ2v) is 6.10. The maximum Gasteiger partial charge on any atom is 0.303 e. The minimum absolute atomic E-state index is 0.292. The van der Waals surface area contributed by atoms with Gasteiger partial charge < -0.3 is 9.51 Å². The van der Waals surface area contributed by atoms with Crippen molar-refractivity contribution in [3.63, 3.8) is 0 Å². The van der Waals surface area contributed by atoms with E-state index >= 15 is 0 Å². The molecule has 0 aromatic carbocycles. The molecule has 0 bridgehead atoms. The number of rotatable bonds is 4. The molecule has 3 rings (SSSR count). The fraction of sp³-hybridized carbons (Fsp3) is 0.467. The van der Waals surface area contributed by atoms with E-state index < -0.39 is 5.97 Å². The number of aliphatic carboxylic acids is 1. The van der Waals surface area contributed by atoms with Crippen LogP contribution in [0.25, 0.3) is 5.65 Å². The third-order valence-electron chi connectivity index (χ3n) is 4.02. The molecule has 21 heavy (non-hydrogen) atoms. The number of pyridine rings is 1. The summed E-state index contributed by atoms with van der Waals surface area (Å²) >= 11 is 5.97. The average Bonchev–Trinajstić information content (AvgIpc) is 2.82. The first-order valence-electron chi connectivity index (χ1n) is 7.17. The van der Waals surface area contributed by atoms with E-state index in [1.807, 2.05) is 28.9 Å². The zero-order chi connectivity index (χ0) is 14.8. The van der Waals surface area contributed by atoms with Gasteiger partial charge in [-0.2, -0.15) is 0 Å². The molecule has 0 amide bonds. The number of aromatic nitrogens is 2. The van der Waals surface area contributed by atoms with Gasteiger partial charge in [0.05, 0.1) is 10.7 Å². The number of fused-ring (bicyclic) bond motifs is 1. The van der Waals surface area contributed by atoms with Gasteiger partial charge in [-0.3, -0.25) is 9.69 Å². The number of carbonyl (C=O) groups is 1. The molecule has 1 saturated heterocycles. The summed E-state index contributed by atoms with van der Waals surface area (Å²) in [6.07, 6.45) is 6.05. The highest BCUT2D eigenvalue weighted by Crippen LogP contribution is 2.22. The molecule has 0 unspecified atom stereocenters. The maximum absolute atomic E-state index is 10.7. The zero-order valence-electron chi connectivity index (χ0n) is 11.7. The molecule has 112 valence electrons. The Hall–Kier alpha value is -1.59. The van der Waals surface area contributed by atoms with Crippen LogP contribution in [0, 0.1) is 5.92 Å². The van der Waals surface area contributed by atoms with E-state index in [0.29, 0.717) is 17.4 Å². The number of halogens is 1. The van der Waals surface area contributed by atoms with E-state index in [0.717, 1.165) is 43.8 Å². The van der Waals surface area contributed by atoms with Crippen molar-refractivity contribution in [1.82, 2.24) is 14.3 Å². The van der Waals surface area contributed by atoms with Crippen LogP contribution in [0.2, 0.25) is 5.02 Å². The summed E-state index contributed by atoms with van der Waals surface area (Å²) in [6, 6.07) is 3.75. The molecule has 1 aliphatic rings. The lowest BCUT2D eigenvalue weighted by molar-refractivity contribution is -0.138. The summed E-state index contributed by atoms with van der Waals surface area (Å²) in [5, 5.41) is 9.53. The number of carboxylic acid groups (broad SMARTS) is 1. The third-order valence-corrected chi connectivity index (χ3v) is 4.24. The molecular weight excluding hydrogens is 290 g/mol. The molecule has 2 aromatic heterocycles. The minimum atomic E-state index is -0.689. The van der Waals surface area contributed by atoms with E-state index in [1.54, 1.807) is 0 Å². The Bertz CT molecular complexity index is 647. The van der Waals surface area contributed by atoms with E-state index in [1.165, 1.54) is 0 Å². The maximum atomic E-state index is 10.7. The molecule has 2 aromatic rings. The van der Waals surface area contributed by atoms with Gasteiger partial charge in [0.2, 0.25) is 0 Å². The van der Waals surface area contributed by atoms with Gasteiger partial charge in [-0.15, -0.1) is 0 Å². The van der Waals surface area contributed by atoms with Crippen molar-refractivity contribution in [2.24, 2.45) is 5.92 Å². The molecule has 3 heterocycles. The predicted molar refractivity (Wildman–Crippen MR) is 80.5 cm³/mol. The van der Waals surface area contributed by atoms with Crippen LogP contribution < -0.4 is 0 Å². The topological polar surface area (TPSA) is 57.8 Å². The minimum Gasteiger partial charge on any atom is -0.481 e. The summed E-state index contributed by atoms with van der Waals surface area (Å²) < 4.78 is 1.94. The fourth-order valence-electron chi connectivity index (χ4n) is 2.92. The average molecular weight is 308 g/mol. The molecule has 0 atom stereocenters. The molecule has 6 heteroatoms. The monoisotopic (exact) mass is 307 g/mol. The van der Waals surface area contributed by atoms with Gasteiger partial charge in [0, 0.05) is 25.4 Å². The predicted octanol–water partition coefficient (Wildman–Crippen LogP) is 2.67. The highest BCUT2D eigenvalue weighted by Gasteiger charge is 2.21. The second-order valence-electron chi connectivity index (χ2n) is 5.66. The second kappa shape index (κ2) is 6.03. The first-order valence-corrected chi connectivity index (χ1v) is 7.55. The number of nitrogens with zero attached hydrogens (tertiary/aromatic N) is 3. The lowest BCUT2D eigenvalue weighted by Crippen LogP contribution is -2.34. The molecule has 0 spiro atoms. The molecular formula is C15H18ClN3O2. The van der Waals surface area contributed by atoms with E-state index in [9.17, 15) is 4.79 Å². The summed E-state index contributed by atoms with van der Waals surface area (Å²) in [4.78, 5) is 17.6. The van der Waals surface area contributed by atoms with Gasteiger partial charge in [0.1, 0.15) is 5.65 Å². The fourth-order valence-corrected chi connectivity index (χ4v) is 3.09. The molecule has 0 aliphatic carbocycles. The van der Waals surface area contributed by atoms with Crippen molar-refractivity contribution in [3.8, 4) is 0 Å². The van der Waals surface area contributed by atoms with Crippen LogP contribution in [0.3, 0.4) is 0 Å². The van der Waals surface area contributed by atoms with Crippen molar-refractivity contribution in [2.45, 2.75) is 25.8 Å². The Morgan fingerprint density at radius 3 is 2.81 bits per heavy atom. The van der Waals surface area contributed by atoms with Crippen molar-refractivity contribution >= 4 is 23.2 Å². The van der Waals surface area contributed by atoms with Gasteiger partial charge in [-0.25, -0.2) is 4.98 Å². The van der Waals surface area contributed by atoms with Crippen LogP contribution in [0.15, 0.2) is 24.5 Å². The summed E-state index contributed by atoms with van der Waals surface area (Å²) in [6.45, 7) is 2.68. The van der Waals surface area contributed by atoms with Gasteiger partial charge in [0.15, 0.2) is 0 Å². The van der Waals surface area contributed by atoms with Crippen LogP contribution >= 0.6 is 11.6 Å². The Balaban J connectivity index is 1.60. The number of likely N-dealkylation sites (tertiary alicyclic amines) is 1. The first-order chi connectivity index (χ1) is 10.1. The largest absolute Gasteiger partial charge is 0.481 e. The normalized spacial score (nSPS) is 17.4. The smallest absolute Gasteiger partial charge is 0.303 e.